The van der Waals surface area contributed by atoms with Gasteiger partial charge in [-0.3, -0.25) is 4.79 Å². The molecule has 0 aliphatic carbocycles. The van der Waals surface area contributed by atoms with E-state index in [1.54, 1.807) is 23.5 Å². The van der Waals surface area contributed by atoms with Crippen LogP contribution in [0, 0.1) is 6.92 Å². The lowest BCUT2D eigenvalue weighted by Gasteiger charge is -2.18. The molecule has 7 heteroatoms. The van der Waals surface area contributed by atoms with Crippen LogP contribution in [0.3, 0.4) is 0 Å². The maximum atomic E-state index is 12.7. The third-order valence-electron chi connectivity index (χ3n) is 3.42. The van der Waals surface area contributed by atoms with E-state index in [1.807, 2.05) is 49.5 Å². The molecule has 0 aliphatic heterocycles. The number of aryl methyl sites for hydroxylation is 1. The number of nitrogens with zero attached hydrogens (tertiary/aromatic N) is 2. The Morgan fingerprint density at radius 1 is 1.29 bits per heavy atom. The van der Waals surface area contributed by atoms with Crippen molar-refractivity contribution in [3.8, 4) is 9.88 Å². The van der Waals surface area contributed by atoms with E-state index in [0.29, 0.717) is 15.6 Å². The van der Waals surface area contributed by atoms with Gasteiger partial charge in [0.2, 0.25) is 0 Å². The molecule has 0 saturated carbocycles. The number of thiazole rings is 1. The number of rotatable bonds is 4. The predicted molar refractivity (Wildman–Crippen MR) is 104 cm³/mol. The first-order chi connectivity index (χ1) is 11.5. The van der Waals surface area contributed by atoms with Gasteiger partial charge < -0.3 is 10.2 Å². The van der Waals surface area contributed by atoms with Gasteiger partial charge >= 0.3 is 0 Å². The zero-order chi connectivity index (χ0) is 17.3. The van der Waals surface area contributed by atoms with Gasteiger partial charge in [-0.25, -0.2) is 4.98 Å². The number of nitrogens with one attached hydrogen (secondary N) is 1. The van der Waals surface area contributed by atoms with E-state index in [1.165, 1.54) is 11.3 Å². The summed E-state index contributed by atoms with van der Waals surface area (Å²) < 4.78 is 0. The summed E-state index contributed by atoms with van der Waals surface area (Å²) in [6, 6.07) is 9.43. The van der Waals surface area contributed by atoms with Crippen LogP contribution in [-0.4, -0.2) is 25.0 Å². The molecular weight excluding hydrogens is 362 g/mol. The second kappa shape index (κ2) is 6.93. The van der Waals surface area contributed by atoms with Gasteiger partial charge in [0.05, 0.1) is 21.9 Å². The van der Waals surface area contributed by atoms with Crippen molar-refractivity contribution in [2.24, 2.45) is 0 Å². The molecule has 0 fully saturated rings. The molecule has 0 bridgehead atoms. The van der Waals surface area contributed by atoms with Gasteiger partial charge in [0, 0.05) is 19.1 Å². The lowest BCUT2D eigenvalue weighted by atomic mass is 10.2. The smallest absolute Gasteiger partial charge is 0.267 e. The number of halogens is 1. The molecule has 3 aromatic rings. The monoisotopic (exact) mass is 377 g/mol. The lowest BCUT2D eigenvalue weighted by molar-refractivity contribution is 0.103. The minimum atomic E-state index is -0.168. The number of carbonyl (C=O) groups is 1. The van der Waals surface area contributed by atoms with Crippen LogP contribution >= 0.6 is 34.3 Å². The number of amides is 1. The molecule has 3 rings (SSSR count). The molecule has 1 amide bonds. The van der Waals surface area contributed by atoms with E-state index in [2.05, 4.69) is 10.3 Å². The second-order valence-electron chi connectivity index (χ2n) is 5.42. The maximum Gasteiger partial charge on any atom is 0.267 e. The zero-order valence-corrected chi connectivity index (χ0v) is 15.9. The normalized spacial score (nSPS) is 10.7. The van der Waals surface area contributed by atoms with E-state index in [9.17, 15) is 4.79 Å². The molecule has 0 radical (unpaired) electrons. The SMILES string of the molecule is Cc1nc(-c2cccs2)sc1C(=O)Nc1cc(Cl)ccc1N(C)C. The first kappa shape index (κ1) is 17.0. The molecule has 0 aliphatic rings. The van der Waals surface area contributed by atoms with Crippen LogP contribution in [0.15, 0.2) is 35.7 Å². The van der Waals surface area contributed by atoms with Gasteiger partial charge in [-0.05, 0) is 36.6 Å². The standard InChI is InChI=1S/C17H16ClN3OS2/c1-10-15(24-17(19-10)14-5-4-8-23-14)16(22)20-12-9-11(18)6-7-13(12)21(2)3/h4-9H,1-3H3,(H,20,22). The third kappa shape index (κ3) is 3.45. The van der Waals surface area contributed by atoms with Gasteiger partial charge in [-0.2, -0.15) is 0 Å². The number of carbonyl (C=O) groups excluding carboxylic acids is 1. The summed E-state index contributed by atoms with van der Waals surface area (Å²) in [6.45, 7) is 1.85. The second-order valence-corrected chi connectivity index (χ2v) is 7.80. The number of hydrogen-bond acceptors (Lipinski definition) is 5. The molecule has 0 atom stereocenters. The average Bonchev–Trinajstić information content (AvgIpc) is 3.16. The molecule has 4 nitrogen and oxygen atoms in total. The van der Waals surface area contributed by atoms with E-state index in [-0.39, 0.29) is 5.91 Å². The van der Waals surface area contributed by atoms with Gasteiger partial charge in [0.15, 0.2) is 0 Å². The Hall–Kier alpha value is -1.89. The van der Waals surface area contributed by atoms with Gasteiger partial charge in [0.25, 0.3) is 5.91 Å². The number of hydrogen-bond donors (Lipinski definition) is 1. The minimum absolute atomic E-state index is 0.168. The Bertz CT molecular complexity index is 872. The first-order valence-corrected chi connectivity index (χ1v) is 9.32. The summed E-state index contributed by atoms with van der Waals surface area (Å²) in [6.07, 6.45) is 0. The van der Waals surface area contributed by atoms with Gasteiger partial charge in [0.1, 0.15) is 9.88 Å². The van der Waals surface area contributed by atoms with Gasteiger partial charge in [-0.1, -0.05) is 17.7 Å². The van der Waals surface area contributed by atoms with Crippen LogP contribution in [0.1, 0.15) is 15.4 Å². The van der Waals surface area contributed by atoms with Crippen LogP contribution in [0.25, 0.3) is 9.88 Å². The molecule has 24 heavy (non-hydrogen) atoms. The fourth-order valence-electron chi connectivity index (χ4n) is 2.29. The highest BCUT2D eigenvalue weighted by atomic mass is 35.5. The van der Waals surface area contributed by atoms with Crippen LogP contribution < -0.4 is 10.2 Å². The third-order valence-corrected chi connectivity index (χ3v) is 5.85. The van der Waals surface area contributed by atoms with Gasteiger partial charge in [-0.15, -0.1) is 22.7 Å². The largest absolute Gasteiger partial charge is 0.376 e. The predicted octanol–water partition coefficient (Wildman–Crippen LogP) is 5.15. The average molecular weight is 378 g/mol. The highest BCUT2D eigenvalue weighted by molar-refractivity contribution is 7.22. The van der Waals surface area contributed by atoms with Crippen molar-refractivity contribution >= 4 is 51.6 Å². The summed E-state index contributed by atoms with van der Waals surface area (Å²) in [5.74, 6) is -0.168. The summed E-state index contributed by atoms with van der Waals surface area (Å²) >= 11 is 9.09. The molecule has 0 spiro atoms. The fraction of sp³-hybridized carbons (Fsp3) is 0.176. The van der Waals surface area contributed by atoms with Crippen molar-refractivity contribution in [2.45, 2.75) is 6.92 Å². The van der Waals surface area contributed by atoms with Crippen LogP contribution in [0.2, 0.25) is 5.02 Å². The molecule has 0 unspecified atom stereocenters. The quantitative estimate of drug-likeness (QED) is 0.683. The van der Waals surface area contributed by atoms with Crippen LogP contribution in [-0.2, 0) is 0 Å². The van der Waals surface area contributed by atoms with E-state index in [0.717, 1.165) is 21.3 Å². The zero-order valence-electron chi connectivity index (χ0n) is 13.5. The molecular formula is C17H16ClN3OS2. The number of thiophene rings is 1. The molecule has 124 valence electrons. The summed E-state index contributed by atoms with van der Waals surface area (Å²) in [7, 11) is 3.84. The Labute approximate surface area is 153 Å². The van der Waals surface area contributed by atoms with E-state index < -0.39 is 0 Å². The first-order valence-electron chi connectivity index (χ1n) is 7.25. The molecule has 1 aromatic carbocycles. The molecule has 2 aromatic heterocycles. The minimum Gasteiger partial charge on any atom is -0.376 e. The van der Waals surface area contributed by atoms with Crippen molar-refractivity contribution in [3.05, 3.63) is 51.3 Å². The number of anilines is 2. The molecule has 1 N–H and O–H groups in total. The van der Waals surface area contributed by atoms with E-state index >= 15 is 0 Å². The summed E-state index contributed by atoms with van der Waals surface area (Å²) in [5.41, 5.74) is 2.31. The number of aromatic nitrogens is 1. The summed E-state index contributed by atoms with van der Waals surface area (Å²) in [4.78, 5) is 20.8. The number of benzene rings is 1. The Morgan fingerprint density at radius 2 is 2.08 bits per heavy atom. The van der Waals surface area contributed by atoms with Crippen LogP contribution in [0.4, 0.5) is 11.4 Å². The van der Waals surface area contributed by atoms with Crippen molar-refractivity contribution in [1.29, 1.82) is 0 Å². The maximum absolute atomic E-state index is 12.7. The highest BCUT2D eigenvalue weighted by Gasteiger charge is 2.18. The highest BCUT2D eigenvalue weighted by Crippen LogP contribution is 2.33. The lowest BCUT2D eigenvalue weighted by Crippen LogP contribution is -2.16. The molecule has 0 saturated heterocycles. The van der Waals surface area contributed by atoms with E-state index in [4.69, 9.17) is 11.6 Å². The Balaban J connectivity index is 1.90. The van der Waals surface area contributed by atoms with Crippen molar-refractivity contribution < 1.29 is 4.79 Å². The Morgan fingerprint density at radius 3 is 2.75 bits per heavy atom. The van der Waals surface area contributed by atoms with Crippen molar-refractivity contribution in [2.75, 3.05) is 24.3 Å². The molecule has 2 heterocycles. The van der Waals surface area contributed by atoms with Crippen molar-refractivity contribution in [3.63, 3.8) is 0 Å². The fourth-order valence-corrected chi connectivity index (χ4v) is 4.22. The Kier molecular flexibility index (Phi) is 4.89. The topological polar surface area (TPSA) is 45.2 Å². The van der Waals surface area contributed by atoms with Crippen molar-refractivity contribution in [1.82, 2.24) is 4.98 Å². The van der Waals surface area contributed by atoms with Crippen LogP contribution in [0.5, 0.6) is 0 Å². The summed E-state index contributed by atoms with van der Waals surface area (Å²) in [5, 5.41) is 6.41.